The van der Waals surface area contributed by atoms with Gasteiger partial charge in [0.05, 0.1) is 17.2 Å². The highest BCUT2D eigenvalue weighted by Crippen LogP contribution is 2.25. The molecular formula is C22H28IN5S2. The minimum atomic E-state index is 0. The molecule has 3 aromatic rings. The molecular weight excluding hydrogens is 525 g/mol. The van der Waals surface area contributed by atoms with E-state index in [4.69, 9.17) is 9.98 Å². The maximum atomic E-state index is 4.78. The molecule has 5 nitrogen and oxygen atoms in total. The summed E-state index contributed by atoms with van der Waals surface area (Å²) in [4.78, 5) is 12.0. The lowest BCUT2D eigenvalue weighted by molar-refractivity contribution is 0.463. The third kappa shape index (κ3) is 6.18. The van der Waals surface area contributed by atoms with Crippen LogP contribution in [-0.2, 0) is 6.54 Å². The zero-order valence-corrected chi connectivity index (χ0v) is 21.0. The third-order valence-corrected chi connectivity index (χ3v) is 6.75. The molecule has 1 aromatic carbocycles. The van der Waals surface area contributed by atoms with Gasteiger partial charge in [-0.1, -0.05) is 30.3 Å². The SMILES string of the molecule is CCNC(=NCc1nc(-c2ccccc2)cs1)NC1CCN(c2cccs2)CC1.I. The maximum absolute atomic E-state index is 4.78. The van der Waals surface area contributed by atoms with Crippen LogP contribution < -0.4 is 15.5 Å². The van der Waals surface area contributed by atoms with E-state index in [9.17, 15) is 0 Å². The first-order chi connectivity index (χ1) is 14.3. The van der Waals surface area contributed by atoms with Gasteiger partial charge in [0.25, 0.3) is 0 Å². The van der Waals surface area contributed by atoms with Gasteiger partial charge in [-0.25, -0.2) is 9.98 Å². The molecule has 0 saturated carbocycles. The Labute approximate surface area is 203 Å². The summed E-state index contributed by atoms with van der Waals surface area (Å²) in [6.45, 7) is 5.73. The van der Waals surface area contributed by atoms with E-state index in [2.05, 4.69) is 57.5 Å². The van der Waals surface area contributed by atoms with E-state index >= 15 is 0 Å². The fourth-order valence-electron chi connectivity index (χ4n) is 3.48. The molecule has 0 atom stereocenters. The van der Waals surface area contributed by atoms with E-state index in [0.717, 1.165) is 54.7 Å². The number of piperidine rings is 1. The number of hydrogen-bond acceptors (Lipinski definition) is 5. The average molecular weight is 554 g/mol. The number of rotatable bonds is 6. The molecule has 0 radical (unpaired) electrons. The van der Waals surface area contributed by atoms with Crippen molar-refractivity contribution in [3.8, 4) is 11.3 Å². The van der Waals surface area contributed by atoms with Crippen LogP contribution in [0.3, 0.4) is 0 Å². The molecule has 0 aliphatic carbocycles. The van der Waals surface area contributed by atoms with Crippen molar-refractivity contribution < 1.29 is 0 Å². The van der Waals surface area contributed by atoms with E-state index < -0.39 is 0 Å². The van der Waals surface area contributed by atoms with Crippen molar-refractivity contribution >= 4 is 57.6 Å². The number of aromatic nitrogens is 1. The van der Waals surface area contributed by atoms with E-state index in [-0.39, 0.29) is 24.0 Å². The molecule has 2 N–H and O–H groups in total. The van der Waals surface area contributed by atoms with Crippen LogP contribution in [0.1, 0.15) is 24.8 Å². The van der Waals surface area contributed by atoms with Gasteiger partial charge in [0.15, 0.2) is 5.96 Å². The molecule has 3 heterocycles. The molecule has 0 amide bonds. The van der Waals surface area contributed by atoms with Crippen LogP contribution >= 0.6 is 46.7 Å². The quantitative estimate of drug-likeness (QED) is 0.250. The summed E-state index contributed by atoms with van der Waals surface area (Å²) in [7, 11) is 0. The second-order valence-electron chi connectivity index (χ2n) is 7.04. The first-order valence-corrected chi connectivity index (χ1v) is 11.9. The molecule has 0 bridgehead atoms. The number of aliphatic imine (C=N–C) groups is 1. The van der Waals surface area contributed by atoms with Crippen LogP contribution in [0.2, 0.25) is 0 Å². The summed E-state index contributed by atoms with van der Waals surface area (Å²) in [5, 5.41) is 13.7. The van der Waals surface area contributed by atoms with Gasteiger partial charge in [0.1, 0.15) is 5.01 Å². The molecule has 8 heteroatoms. The number of nitrogens with zero attached hydrogens (tertiary/aromatic N) is 3. The number of benzene rings is 1. The fourth-order valence-corrected chi connectivity index (χ4v) is 4.99. The van der Waals surface area contributed by atoms with Crippen LogP contribution in [0.15, 0.2) is 58.2 Å². The van der Waals surface area contributed by atoms with Crippen LogP contribution in [0, 0.1) is 0 Å². The number of thiophene rings is 1. The van der Waals surface area contributed by atoms with Crippen LogP contribution in [0.4, 0.5) is 5.00 Å². The monoisotopic (exact) mass is 553 g/mol. The summed E-state index contributed by atoms with van der Waals surface area (Å²) < 4.78 is 0. The van der Waals surface area contributed by atoms with Crippen LogP contribution in [-0.4, -0.2) is 36.6 Å². The average Bonchev–Trinajstić information content (AvgIpc) is 3.46. The molecule has 4 rings (SSSR count). The van der Waals surface area contributed by atoms with Crippen molar-refractivity contribution in [2.75, 3.05) is 24.5 Å². The Hall–Kier alpha value is -1.65. The zero-order chi connectivity index (χ0) is 19.9. The second-order valence-corrected chi connectivity index (χ2v) is 8.91. The lowest BCUT2D eigenvalue weighted by atomic mass is 10.1. The Bertz CT molecular complexity index is 903. The fraction of sp³-hybridized carbons (Fsp3) is 0.364. The van der Waals surface area contributed by atoms with Gasteiger partial charge in [0, 0.05) is 36.6 Å². The molecule has 0 spiro atoms. The van der Waals surface area contributed by atoms with E-state index in [0.29, 0.717) is 12.6 Å². The highest BCUT2D eigenvalue weighted by atomic mass is 127. The number of anilines is 1. The number of halogens is 1. The first-order valence-electron chi connectivity index (χ1n) is 10.1. The number of guanidine groups is 1. The summed E-state index contributed by atoms with van der Waals surface area (Å²) in [5.74, 6) is 0.888. The van der Waals surface area contributed by atoms with Gasteiger partial charge in [-0.15, -0.1) is 46.7 Å². The number of nitrogens with one attached hydrogen (secondary N) is 2. The smallest absolute Gasteiger partial charge is 0.191 e. The molecule has 2 aromatic heterocycles. The normalized spacial score (nSPS) is 15.0. The Kier molecular flexibility index (Phi) is 8.95. The van der Waals surface area contributed by atoms with Crippen LogP contribution in [0.25, 0.3) is 11.3 Å². The van der Waals surface area contributed by atoms with E-state index in [1.807, 2.05) is 29.5 Å². The van der Waals surface area contributed by atoms with Crippen molar-refractivity contribution in [2.24, 2.45) is 4.99 Å². The highest BCUT2D eigenvalue weighted by Gasteiger charge is 2.20. The minimum Gasteiger partial charge on any atom is -0.363 e. The molecule has 1 aliphatic rings. The van der Waals surface area contributed by atoms with Crippen molar-refractivity contribution in [1.82, 2.24) is 15.6 Å². The third-order valence-electron chi connectivity index (χ3n) is 4.99. The molecule has 160 valence electrons. The second kappa shape index (κ2) is 11.7. The van der Waals surface area contributed by atoms with Gasteiger partial charge in [0.2, 0.25) is 0 Å². The summed E-state index contributed by atoms with van der Waals surface area (Å²) in [6.07, 6.45) is 2.25. The number of thiazole rings is 1. The van der Waals surface area contributed by atoms with Gasteiger partial charge >= 0.3 is 0 Å². The van der Waals surface area contributed by atoms with E-state index in [1.165, 1.54) is 5.00 Å². The maximum Gasteiger partial charge on any atom is 0.191 e. The lowest BCUT2D eigenvalue weighted by Gasteiger charge is -2.33. The van der Waals surface area contributed by atoms with Gasteiger partial charge in [-0.2, -0.15) is 0 Å². The summed E-state index contributed by atoms with van der Waals surface area (Å²) in [5.41, 5.74) is 2.18. The zero-order valence-electron chi connectivity index (χ0n) is 17.1. The molecule has 1 fully saturated rings. The van der Waals surface area contributed by atoms with Crippen molar-refractivity contribution in [3.05, 3.63) is 58.2 Å². The first kappa shape index (κ1) is 23.0. The van der Waals surface area contributed by atoms with E-state index in [1.54, 1.807) is 11.3 Å². The summed E-state index contributed by atoms with van der Waals surface area (Å²) in [6, 6.07) is 15.1. The largest absolute Gasteiger partial charge is 0.363 e. The molecule has 1 aliphatic heterocycles. The topological polar surface area (TPSA) is 52.6 Å². The predicted molar refractivity (Wildman–Crippen MR) is 140 cm³/mol. The van der Waals surface area contributed by atoms with Gasteiger partial charge in [-0.05, 0) is 37.3 Å². The standard InChI is InChI=1S/C22H27N5S2.HI/c1-2-23-22(25-18-10-12-27(13-11-18)21-9-6-14-28-21)24-15-20-26-19(16-29-20)17-7-4-3-5-8-17;/h3-9,14,16,18H,2,10-13,15H2,1H3,(H2,23,24,25);1H. The van der Waals surface area contributed by atoms with Crippen molar-refractivity contribution in [1.29, 1.82) is 0 Å². The Morgan fingerprint density at radius 1 is 1.13 bits per heavy atom. The van der Waals surface area contributed by atoms with Crippen molar-refractivity contribution in [2.45, 2.75) is 32.4 Å². The Morgan fingerprint density at radius 3 is 2.63 bits per heavy atom. The predicted octanol–water partition coefficient (Wildman–Crippen LogP) is 5.21. The number of hydrogen-bond donors (Lipinski definition) is 2. The molecule has 30 heavy (non-hydrogen) atoms. The van der Waals surface area contributed by atoms with Gasteiger partial charge < -0.3 is 15.5 Å². The van der Waals surface area contributed by atoms with Gasteiger partial charge in [-0.3, -0.25) is 0 Å². The molecule has 1 saturated heterocycles. The van der Waals surface area contributed by atoms with Crippen LogP contribution in [0.5, 0.6) is 0 Å². The lowest BCUT2D eigenvalue weighted by Crippen LogP contribution is -2.48. The molecule has 0 unspecified atom stereocenters. The highest BCUT2D eigenvalue weighted by molar-refractivity contribution is 14.0. The minimum absolute atomic E-state index is 0. The Morgan fingerprint density at radius 2 is 1.93 bits per heavy atom. The summed E-state index contributed by atoms with van der Waals surface area (Å²) >= 11 is 3.49. The Balaban J connectivity index is 0.00000256. The van der Waals surface area contributed by atoms with Crippen molar-refractivity contribution in [3.63, 3.8) is 0 Å².